The molecule has 0 spiro atoms. The fourth-order valence-corrected chi connectivity index (χ4v) is 2.56. The Bertz CT molecular complexity index is 1050. The summed E-state index contributed by atoms with van der Waals surface area (Å²) in [6, 6.07) is 7.25. The molecule has 3 aromatic rings. The molecule has 7 heteroatoms. The Morgan fingerprint density at radius 3 is 2.77 bits per heavy atom. The first kappa shape index (κ1) is 12.4. The molecule has 22 heavy (non-hydrogen) atoms. The van der Waals surface area contributed by atoms with Gasteiger partial charge in [0.05, 0.1) is 22.2 Å². The van der Waals surface area contributed by atoms with Crippen molar-refractivity contribution in [1.29, 1.82) is 0 Å². The molecule has 0 amide bonds. The highest BCUT2D eigenvalue weighted by Crippen LogP contribution is 2.26. The van der Waals surface area contributed by atoms with Crippen molar-refractivity contribution in [3.05, 3.63) is 63.8 Å². The molecule has 0 fully saturated rings. The quantitative estimate of drug-likeness (QED) is 0.562. The third-order valence-electron chi connectivity index (χ3n) is 3.58. The van der Waals surface area contributed by atoms with Crippen LogP contribution in [-0.4, -0.2) is 31.4 Å². The third kappa shape index (κ3) is 1.47. The third-order valence-corrected chi connectivity index (χ3v) is 3.58. The summed E-state index contributed by atoms with van der Waals surface area (Å²) in [4.78, 5) is 44.1. The predicted molar refractivity (Wildman–Crippen MR) is 75.5 cm³/mol. The lowest BCUT2D eigenvalue weighted by Gasteiger charge is -2.04. The highest BCUT2D eigenvalue weighted by molar-refractivity contribution is 6.14. The van der Waals surface area contributed by atoms with Crippen molar-refractivity contribution in [2.24, 2.45) is 0 Å². The molecule has 0 aliphatic carbocycles. The highest BCUT2D eigenvalue weighted by Gasteiger charge is 2.31. The summed E-state index contributed by atoms with van der Waals surface area (Å²) in [6.45, 7) is 0. The maximum atomic E-state index is 12.6. The first-order chi connectivity index (χ1) is 10.6. The second-order valence-corrected chi connectivity index (χ2v) is 4.82. The normalized spacial score (nSPS) is 12.3. The molecule has 1 aliphatic rings. The average molecular weight is 293 g/mol. The molecule has 0 saturated heterocycles. The number of hydrogen-bond donors (Lipinski definition) is 1. The van der Waals surface area contributed by atoms with Gasteiger partial charge in [0.2, 0.25) is 5.78 Å². The number of hydrogen-bond acceptors (Lipinski definition) is 5. The summed E-state index contributed by atoms with van der Waals surface area (Å²) < 4.78 is 1.20. The van der Waals surface area contributed by atoms with E-state index in [0.717, 1.165) is 0 Å². The van der Waals surface area contributed by atoms with Gasteiger partial charge in [-0.15, -0.1) is 0 Å². The molecule has 7 nitrogen and oxygen atoms in total. The number of aromatic nitrogens is 3. The van der Waals surface area contributed by atoms with Crippen LogP contribution in [-0.2, 0) is 0 Å². The van der Waals surface area contributed by atoms with Gasteiger partial charge in [-0.05, 0) is 30.3 Å². The number of carboxylic acids is 1. The number of aromatic carboxylic acids is 1. The van der Waals surface area contributed by atoms with Crippen molar-refractivity contribution in [3.8, 4) is 5.69 Å². The molecule has 0 atom stereocenters. The zero-order chi connectivity index (χ0) is 15.4. The molecule has 3 heterocycles. The van der Waals surface area contributed by atoms with E-state index < -0.39 is 17.3 Å². The van der Waals surface area contributed by atoms with E-state index in [1.165, 1.54) is 29.0 Å². The lowest BCUT2D eigenvalue weighted by Crippen LogP contribution is -2.21. The minimum Gasteiger partial charge on any atom is -0.478 e. The van der Waals surface area contributed by atoms with Crippen molar-refractivity contribution in [2.75, 3.05) is 0 Å². The predicted octanol–water partition coefficient (Wildman–Crippen LogP) is 1.02. The van der Waals surface area contributed by atoms with Crippen molar-refractivity contribution < 1.29 is 14.7 Å². The summed E-state index contributed by atoms with van der Waals surface area (Å²) >= 11 is 0. The second-order valence-electron chi connectivity index (χ2n) is 4.82. The Balaban J connectivity index is 2.10. The summed E-state index contributed by atoms with van der Waals surface area (Å²) in [5.41, 5.74) is 0.269. The van der Waals surface area contributed by atoms with Gasteiger partial charge in [-0.2, -0.15) is 0 Å². The van der Waals surface area contributed by atoms with E-state index >= 15 is 0 Å². The van der Waals surface area contributed by atoms with Gasteiger partial charge in [-0.1, -0.05) is 0 Å². The Labute approximate surface area is 122 Å². The van der Waals surface area contributed by atoms with Crippen LogP contribution in [0.4, 0.5) is 0 Å². The molecule has 0 bridgehead atoms. The van der Waals surface area contributed by atoms with E-state index in [2.05, 4.69) is 9.97 Å². The van der Waals surface area contributed by atoms with E-state index in [0.29, 0.717) is 11.1 Å². The largest absolute Gasteiger partial charge is 0.478 e. The molecule has 4 rings (SSSR count). The van der Waals surface area contributed by atoms with Gasteiger partial charge in [0, 0.05) is 6.20 Å². The van der Waals surface area contributed by atoms with Gasteiger partial charge in [0.25, 0.3) is 5.56 Å². The van der Waals surface area contributed by atoms with Gasteiger partial charge < -0.3 is 5.11 Å². The van der Waals surface area contributed by atoms with Gasteiger partial charge in [-0.3, -0.25) is 14.2 Å². The minimum absolute atomic E-state index is 0.0179. The minimum atomic E-state index is -1.14. The van der Waals surface area contributed by atoms with E-state index in [1.807, 2.05) is 0 Å². The SMILES string of the molecule is O=C(O)c1ccc2c(c1)C(=O)c1nc3ncccc3c(=O)n1-2. The van der Waals surface area contributed by atoms with E-state index in [4.69, 9.17) is 5.11 Å². The Morgan fingerprint density at radius 1 is 1.18 bits per heavy atom. The molecule has 106 valence electrons. The molecular weight excluding hydrogens is 286 g/mol. The number of fused-ring (bicyclic) bond motifs is 4. The first-order valence-electron chi connectivity index (χ1n) is 6.38. The summed E-state index contributed by atoms with van der Waals surface area (Å²) in [5, 5.41) is 9.32. The summed E-state index contributed by atoms with van der Waals surface area (Å²) in [5.74, 6) is -1.67. The van der Waals surface area contributed by atoms with Crippen LogP contribution in [0.15, 0.2) is 41.3 Å². The number of pyridine rings is 1. The maximum absolute atomic E-state index is 12.6. The molecule has 0 radical (unpaired) electrons. The van der Waals surface area contributed by atoms with Crippen molar-refractivity contribution in [1.82, 2.24) is 14.5 Å². The molecule has 0 saturated carbocycles. The van der Waals surface area contributed by atoms with E-state index in [9.17, 15) is 14.4 Å². The van der Waals surface area contributed by atoms with Gasteiger partial charge in [0.15, 0.2) is 11.5 Å². The topological polar surface area (TPSA) is 102 Å². The Morgan fingerprint density at radius 2 is 2.00 bits per heavy atom. The summed E-state index contributed by atoms with van der Waals surface area (Å²) in [6.07, 6.45) is 1.49. The Hall–Kier alpha value is -3.35. The number of ketones is 1. The fraction of sp³-hybridized carbons (Fsp3) is 0. The zero-order valence-electron chi connectivity index (χ0n) is 11.0. The number of benzene rings is 1. The molecule has 2 aromatic heterocycles. The number of rotatable bonds is 1. The van der Waals surface area contributed by atoms with E-state index in [1.54, 1.807) is 12.1 Å². The Kier molecular flexibility index (Phi) is 2.30. The average Bonchev–Trinajstić information content (AvgIpc) is 2.80. The molecule has 1 aromatic carbocycles. The molecule has 1 aliphatic heterocycles. The van der Waals surface area contributed by atoms with Crippen LogP contribution in [0.5, 0.6) is 0 Å². The van der Waals surface area contributed by atoms with Crippen molar-refractivity contribution in [2.45, 2.75) is 0 Å². The number of carbonyl (C=O) groups excluding carboxylic acids is 1. The number of nitrogens with zero attached hydrogens (tertiary/aromatic N) is 3. The number of carbonyl (C=O) groups is 2. The monoisotopic (exact) mass is 293 g/mol. The van der Waals surface area contributed by atoms with Crippen LogP contribution in [0.2, 0.25) is 0 Å². The van der Waals surface area contributed by atoms with Crippen molar-refractivity contribution in [3.63, 3.8) is 0 Å². The summed E-state index contributed by atoms with van der Waals surface area (Å²) in [7, 11) is 0. The van der Waals surface area contributed by atoms with Crippen LogP contribution < -0.4 is 5.56 Å². The molecular formula is C15H7N3O4. The zero-order valence-corrected chi connectivity index (χ0v) is 11.0. The van der Waals surface area contributed by atoms with Crippen LogP contribution in [0, 0.1) is 0 Å². The van der Waals surface area contributed by atoms with Crippen LogP contribution in [0.25, 0.3) is 16.7 Å². The lowest BCUT2D eigenvalue weighted by molar-refractivity contribution is 0.0697. The lowest BCUT2D eigenvalue weighted by atomic mass is 10.1. The molecule has 1 N–H and O–H groups in total. The maximum Gasteiger partial charge on any atom is 0.335 e. The molecule has 0 unspecified atom stereocenters. The smallest absolute Gasteiger partial charge is 0.335 e. The van der Waals surface area contributed by atoms with Gasteiger partial charge >= 0.3 is 5.97 Å². The van der Waals surface area contributed by atoms with Crippen LogP contribution in [0.1, 0.15) is 26.5 Å². The second kappa shape index (κ2) is 4.08. The van der Waals surface area contributed by atoms with E-state index in [-0.39, 0.29) is 22.6 Å². The standard InChI is InChI=1S/C15H7N3O4/c19-11-9-6-7(15(21)22)3-4-10(9)18-13(11)17-12-8(14(18)20)2-1-5-16-12/h1-6H,(H,21,22). The van der Waals surface area contributed by atoms with Crippen molar-refractivity contribution >= 4 is 22.8 Å². The van der Waals surface area contributed by atoms with Gasteiger partial charge in [0.1, 0.15) is 0 Å². The number of carboxylic acid groups (broad SMARTS) is 1. The van der Waals surface area contributed by atoms with Crippen LogP contribution >= 0.6 is 0 Å². The van der Waals surface area contributed by atoms with Crippen LogP contribution in [0.3, 0.4) is 0 Å². The van der Waals surface area contributed by atoms with Gasteiger partial charge in [-0.25, -0.2) is 14.8 Å². The highest BCUT2D eigenvalue weighted by atomic mass is 16.4. The fourth-order valence-electron chi connectivity index (χ4n) is 2.56. The first-order valence-corrected chi connectivity index (χ1v) is 6.38.